The summed E-state index contributed by atoms with van der Waals surface area (Å²) in [6.45, 7) is 6.21. The van der Waals surface area contributed by atoms with Crippen molar-refractivity contribution in [3.8, 4) is 0 Å². The molecule has 0 bridgehead atoms. The fraction of sp³-hybridized carbons (Fsp3) is 0.947. The summed E-state index contributed by atoms with van der Waals surface area (Å²) in [5.41, 5.74) is 0.00897. The van der Waals surface area contributed by atoms with Gasteiger partial charge in [-0.25, -0.2) is 0 Å². The largest absolute Gasteiger partial charge is 0.396 e. The summed E-state index contributed by atoms with van der Waals surface area (Å²) in [7, 11) is 1.79. The van der Waals surface area contributed by atoms with Crippen LogP contribution in [0.15, 0.2) is 4.99 Å². The highest BCUT2D eigenvalue weighted by molar-refractivity contribution is 14.0. The quantitative estimate of drug-likeness (QED) is 0.281. The van der Waals surface area contributed by atoms with Crippen molar-refractivity contribution < 1.29 is 14.6 Å². The lowest BCUT2D eigenvalue weighted by molar-refractivity contribution is -0.0855. The topological polar surface area (TPSA) is 75.1 Å². The molecule has 0 spiro atoms. The van der Waals surface area contributed by atoms with E-state index in [1.54, 1.807) is 7.11 Å². The third kappa shape index (κ3) is 7.13. The molecule has 0 aromatic heterocycles. The molecule has 0 aromatic carbocycles. The molecule has 7 heteroatoms. The van der Waals surface area contributed by atoms with E-state index in [4.69, 9.17) is 14.5 Å². The standard InChI is InChI=1S/C19H37N3O3.HI/c1-3-20-17(22-16-19(24-2)10-13-25-14-11-19)21-15-18(9-12-23)7-5-4-6-8-18;/h23H,3-16H2,1-2H3,(H2,20,21,22);1H. The molecule has 2 rings (SSSR count). The molecule has 0 aromatic rings. The molecule has 1 saturated heterocycles. The Labute approximate surface area is 175 Å². The number of ether oxygens (including phenoxy) is 2. The fourth-order valence-electron chi connectivity index (χ4n) is 4.06. The predicted molar refractivity (Wildman–Crippen MR) is 116 cm³/mol. The van der Waals surface area contributed by atoms with Gasteiger partial charge in [-0.1, -0.05) is 19.3 Å². The van der Waals surface area contributed by atoms with Crippen molar-refractivity contribution in [2.24, 2.45) is 10.4 Å². The summed E-state index contributed by atoms with van der Waals surface area (Å²) in [6.07, 6.45) is 8.85. The molecule has 0 radical (unpaired) electrons. The van der Waals surface area contributed by atoms with Gasteiger partial charge in [-0.3, -0.25) is 4.99 Å². The maximum absolute atomic E-state index is 9.48. The molecule has 1 aliphatic heterocycles. The maximum atomic E-state index is 9.48. The smallest absolute Gasteiger partial charge is 0.191 e. The summed E-state index contributed by atoms with van der Waals surface area (Å²) in [6, 6.07) is 0. The minimum absolute atomic E-state index is 0. The van der Waals surface area contributed by atoms with Gasteiger partial charge in [0.25, 0.3) is 0 Å². The molecule has 26 heavy (non-hydrogen) atoms. The van der Waals surface area contributed by atoms with Crippen molar-refractivity contribution in [3.05, 3.63) is 0 Å². The Balaban J connectivity index is 0.00000338. The zero-order valence-corrected chi connectivity index (χ0v) is 18.8. The summed E-state index contributed by atoms with van der Waals surface area (Å²) in [5, 5.41) is 16.3. The average Bonchev–Trinajstić information content (AvgIpc) is 2.66. The first-order valence-electron chi connectivity index (χ1n) is 9.93. The molecule has 1 heterocycles. The van der Waals surface area contributed by atoms with Crippen LogP contribution in [0.2, 0.25) is 0 Å². The van der Waals surface area contributed by atoms with Gasteiger partial charge in [-0.2, -0.15) is 0 Å². The highest BCUT2D eigenvalue weighted by atomic mass is 127. The summed E-state index contributed by atoms with van der Waals surface area (Å²) in [5.74, 6) is 0.855. The van der Waals surface area contributed by atoms with Crippen LogP contribution in [0.4, 0.5) is 0 Å². The molecule has 1 saturated carbocycles. The van der Waals surface area contributed by atoms with E-state index in [9.17, 15) is 5.11 Å². The van der Waals surface area contributed by atoms with Gasteiger partial charge in [0, 0.05) is 59.4 Å². The van der Waals surface area contributed by atoms with Crippen molar-refractivity contribution in [2.45, 2.75) is 63.9 Å². The Morgan fingerprint density at radius 1 is 1.12 bits per heavy atom. The van der Waals surface area contributed by atoms with E-state index in [1.165, 1.54) is 32.1 Å². The van der Waals surface area contributed by atoms with E-state index in [1.807, 2.05) is 0 Å². The molecular weight excluding hydrogens is 445 g/mol. The number of aliphatic imine (C=N–C) groups is 1. The van der Waals surface area contributed by atoms with E-state index in [0.717, 1.165) is 58.1 Å². The number of guanidine groups is 1. The second-order valence-corrected chi connectivity index (χ2v) is 7.58. The molecule has 2 aliphatic rings. The summed E-state index contributed by atoms with van der Waals surface area (Å²) < 4.78 is 11.3. The molecule has 154 valence electrons. The SMILES string of the molecule is CCNC(=NCC1(CCO)CCCCC1)NCC1(OC)CCOCC1.I. The third-order valence-electron chi connectivity index (χ3n) is 5.89. The number of aliphatic hydroxyl groups is 1. The highest BCUT2D eigenvalue weighted by Crippen LogP contribution is 2.39. The second kappa shape index (κ2) is 12.4. The number of methoxy groups -OCH3 is 1. The molecule has 0 amide bonds. The van der Waals surface area contributed by atoms with E-state index >= 15 is 0 Å². The first kappa shape index (κ1) is 23.9. The number of hydrogen-bond donors (Lipinski definition) is 3. The highest BCUT2D eigenvalue weighted by Gasteiger charge is 2.33. The van der Waals surface area contributed by atoms with Gasteiger partial charge in [0.05, 0.1) is 5.60 Å². The van der Waals surface area contributed by atoms with Gasteiger partial charge in [0.15, 0.2) is 5.96 Å². The first-order chi connectivity index (χ1) is 12.2. The van der Waals surface area contributed by atoms with Crippen LogP contribution in [-0.2, 0) is 9.47 Å². The lowest BCUT2D eigenvalue weighted by Crippen LogP contribution is -2.51. The molecule has 0 unspecified atom stereocenters. The zero-order chi connectivity index (χ0) is 18.0. The monoisotopic (exact) mass is 483 g/mol. The van der Waals surface area contributed by atoms with E-state index in [-0.39, 0.29) is 41.6 Å². The van der Waals surface area contributed by atoms with E-state index in [0.29, 0.717) is 0 Å². The van der Waals surface area contributed by atoms with Crippen molar-refractivity contribution in [1.29, 1.82) is 0 Å². The van der Waals surface area contributed by atoms with Gasteiger partial charge in [0.2, 0.25) is 0 Å². The zero-order valence-electron chi connectivity index (χ0n) is 16.5. The average molecular weight is 483 g/mol. The minimum atomic E-state index is -0.165. The number of rotatable bonds is 8. The van der Waals surface area contributed by atoms with E-state index in [2.05, 4.69) is 17.6 Å². The maximum Gasteiger partial charge on any atom is 0.191 e. The lowest BCUT2D eigenvalue weighted by atomic mass is 9.72. The Hall–Kier alpha value is -0.120. The van der Waals surface area contributed by atoms with Crippen LogP contribution in [0.25, 0.3) is 0 Å². The summed E-state index contributed by atoms with van der Waals surface area (Å²) in [4.78, 5) is 4.87. The van der Waals surface area contributed by atoms with Crippen LogP contribution in [0.5, 0.6) is 0 Å². The number of aliphatic hydroxyl groups excluding tert-OH is 1. The van der Waals surface area contributed by atoms with Crippen LogP contribution >= 0.6 is 24.0 Å². The predicted octanol–water partition coefficient (Wildman–Crippen LogP) is 2.69. The normalized spacial score (nSPS) is 22.3. The second-order valence-electron chi connectivity index (χ2n) is 7.58. The van der Waals surface area contributed by atoms with Gasteiger partial charge >= 0.3 is 0 Å². The van der Waals surface area contributed by atoms with Gasteiger partial charge in [0.1, 0.15) is 0 Å². The van der Waals surface area contributed by atoms with Gasteiger partial charge in [-0.05, 0) is 31.6 Å². The van der Waals surface area contributed by atoms with Gasteiger partial charge < -0.3 is 25.2 Å². The fourth-order valence-corrected chi connectivity index (χ4v) is 4.06. The van der Waals surface area contributed by atoms with Crippen molar-refractivity contribution in [1.82, 2.24) is 10.6 Å². The van der Waals surface area contributed by atoms with Crippen molar-refractivity contribution in [2.75, 3.05) is 46.6 Å². The number of halogens is 1. The van der Waals surface area contributed by atoms with Crippen molar-refractivity contribution in [3.63, 3.8) is 0 Å². The minimum Gasteiger partial charge on any atom is -0.396 e. The Kier molecular flexibility index (Phi) is 11.4. The number of nitrogens with one attached hydrogen (secondary N) is 2. The Morgan fingerprint density at radius 3 is 2.38 bits per heavy atom. The molecule has 3 N–H and O–H groups in total. The number of nitrogens with zero attached hydrogens (tertiary/aromatic N) is 1. The Morgan fingerprint density at radius 2 is 1.81 bits per heavy atom. The third-order valence-corrected chi connectivity index (χ3v) is 5.89. The molecule has 2 fully saturated rings. The van der Waals surface area contributed by atoms with Gasteiger partial charge in [-0.15, -0.1) is 24.0 Å². The Bertz CT molecular complexity index is 403. The van der Waals surface area contributed by atoms with E-state index < -0.39 is 0 Å². The molecular formula is C19H38IN3O3. The number of hydrogen-bond acceptors (Lipinski definition) is 4. The van der Waals surface area contributed by atoms with Crippen LogP contribution in [0.1, 0.15) is 58.3 Å². The molecule has 1 aliphatic carbocycles. The van der Waals surface area contributed by atoms with Crippen LogP contribution in [0.3, 0.4) is 0 Å². The lowest BCUT2D eigenvalue weighted by Gasteiger charge is -2.37. The summed E-state index contributed by atoms with van der Waals surface area (Å²) >= 11 is 0. The molecule has 0 atom stereocenters. The van der Waals surface area contributed by atoms with Crippen LogP contribution in [0, 0.1) is 5.41 Å². The molecule has 6 nitrogen and oxygen atoms in total. The van der Waals surface area contributed by atoms with Crippen molar-refractivity contribution >= 4 is 29.9 Å². The van der Waals surface area contributed by atoms with Crippen LogP contribution in [-0.4, -0.2) is 63.2 Å². The first-order valence-corrected chi connectivity index (χ1v) is 9.93. The van der Waals surface area contributed by atoms with Crippen LogP contribution < -0.4 is 10.6 Å².